The lowest BCUT2D eigenvalue weighted by atomic mass is 10.0. The van der Waals surface area contributed by atoms with Gasteiger partial charge in [0.1, 0.15) is 17.6 Å². The Hall–Kier alpha value is -2.97. The third kappa shape index (κ3) is 4.44. The number of carbonyl (C=O) groups excluding carboxylic acids is 1. The molecule has 1 aromatic heterocycles. The Labute approximate surface area is 175 Å². The average molecular weight is 431 g/mol. The third-order valence-corrected chi connectivity index (χ3v) is 6.81. The maximum atomic E-state index is 14.5. The molecule has 1 atom stereocenters. The minimum atomic E-state index is -3.83. The van der Waals surface area contributed by atoms with E-state index in [1.807, 2.05) is 30.3 Å². The van der Waals surface area contributed by atoms with Crippen LogP contribution in [-0.4, -0.2) is 31.7 Å². The van der Waals surface area contributed by atoms with Crippen molar-refractivity contribution in [3.05, 3.63) is 89.6 Å². The molecule has 0 bridgehead atoms. The Morgan fingerprint density at radius 1 is 1.07 bits per heavy atom. The molecule has 0 spiro atoms. The minimum Gasteiger partial charge on any atom is -0.467 e. The molecular formula is C22H23FN2O4S. The van der Waals surface area contributed by atoms with Crippen molar-refractivity contribution >= 4 is 15.9 Å². The lowest BCUT2D eigenvalue weighted by Crippen LogP contribution is -2.32. The van der Waals surface area contributed by atoms with Crippen LogP contribution < -0.4 is 5.32 Å². The molecule has 0 aliphatic rings. The zero-order valence-corrected chi connectivity index (χ0v) is 17.5. The Bertz CT molecular complexity index is 1100. The van der Waals surface area contributed by atoms with Crippen LogP contribution in [0, 0.1) is 5.82 Å². The summed E-state index contributed by atoms with van der Waals surface area (Å²) in [6.07, 6.45) is 1.48. The number of rotatable bonds is 8. The summed E-state index contributed by atoms with van der Waals surface area (Å²) in [4.78, 5) is 12.8. The molecule has 1 amide bonds. The fourth-order valence-electron chi connectivity index (χ4n) is 3.18. The quantitative estimate of drug-likeness (QED) is 0.587. The van der Waals surface area contributed by atoms with Gasteiger partial charge in [0.05, 0.1) is 16.7 Å². The van der Waals surface area contributed by atoms with Crippen molar-refractivity contribution in [1.82, 2.24) is 9.62 Å². The average Bonchev–Trinajstić information content (AvgIpc) is 3.28. The largest absolute Gasteiger partial charge is 0.467 e. The Kier molecular flexibility index (Phi) is 6.69. The van der Waals surface area contributed by atoms with Gasteiger partial charge < -0.3 is 9.73 Å². The highest BCUT2D eigenvalue weighted by atomic mass is 32.2. The van der Waals surface area contributed by atoms with Crippen molar-refractivity contribution < 1.29 is 22.0 Å². The van der Waals surface area contributed by atoms with E-state index in [0.29, 0.717) is 5.76 Å². The van der Waals surface area contributed by atoms with Gasteiger partial charge in [-0.25, -0.2) is 12.8 Å². The number of carbonyl (C=O) groups is 1. The van der Waals surface area contributed by atoms with Gasteiger partial charge in [0.25, 0.3) is 5.91 Å². The number of hydrogen-bond acceptors (Lipinski definition) is 4. The van der Waals surface area contributed by atoms with E-state index in [0.717, 1.165) is 17.7 Å². The van der Waals surface area contributed by atoms with Crippen molar-refractivity contribution in [2.24, 2.45) is 0 Å². The number of furan rings is 1. The van der Waals surface area contributed by atoms with Gasteiger partial charge in [0, 0.05) is 13.1 Å². The highest BCUT2D eigenvalue weighted by molar-refractivity contribution is 7.89. The molecule has 1 heterocycles. The number of benzene rings is 2. The second-order valence-corrected chi connectivity index (χ2v) is 8.50. The summed E-state index contributed by atoms with van der Waals surface area (Å²) in [6, 6.07) is 15.1. The Morgan fingerprint density at radius 2 is 1.77 bits per heavy atom. The van der Waals surface area contributed by atoms with Gasteiger partial charge in [-0.15, -0.1) is 0 Å². The van der Waals surface area contributed by atoms with Crippen molar-refractivity contribution in [2.45, 2.75) is 24.8 Å². The zero-order valence-electron chi connectivity index (χ0n) is 16.7. The maximum absolute atomic E-state index is 14.5. The van der Waals surface area contributed by atoms with Crippen LogP contribution in [0.3, 0.4) is 0 Å². The third-order valence-electron chi connectivity index (χ3n) is 4.76. The van der Waals surface area contributed by atoms with Crippen LogP contribution in [0.2, 0.25) is 0 Å². The van der Waals surface area contributed by atoms with Crippen molar-refractivity contribution in [1.29, 1.82) is 0 Å². The zero-order chi connectivity index (χ0) is 21.7. The molecule has 6 nitrogen and oxygen atoms in total. The molecule has 1 N–H and O–H groups in total. The van der Waals surface area contributed by atoms with Crippen LogP contribution in [0.4, 0.5) is 4.39 Å². The number of amides is 1. The van der Waals surface area contributed by atoms with Crippen LogP contribution in [0.15, 0.2) is 76.2 Å². The standard InChI is InChI=1S/C22H23FN2O4S/c1-3-25(4-2)30(27,28)17-12-13-19(23)18(15-17)22(26)24-21(20-11-8-14-29-20)16-9-6-5-7-10-16/h5-15,21H,3-4H2,1-2H3,(H,24,26). The first-order valence-corrected chi connectivity index (χ1v) is 11.0. The van der Waals surface area contributed by atoms with Crippen LogP contribution >= 0.6 is 0 Å². The highest BCUT2D eigenvalue weighted by Crippen LogP contribution is 2.24. The molecule has 0 fully saturated rings. The number of halogens is 1. The van der Waals surface area contributed by atoms with E-state index >= 15 is 0 Å². The first-order valence-electron chi connectivity index (χ1n) is 9.57. The molecular weight excluding hydrogens is 407 g/mol. The lowest BCUT2D eigenvalue weighted by Gasteiger charge is -2.20. The van der Waals surface area contributed by atoms with Gasteiger partial charge in [-0.2, -0.15) is 4.31 Å². The fourth-order valence-corrected chi connectivity index (χ4v) is 4.66. The summed E-state index contributed by atoms with van der Waals surface area (Å²) in [5, 5.41) is 2.75. The fraction of sp³-hybridized carbons (Fsp3) is 0.227. The molecule has 8 heteroatoms. The molecule has 0 saturated heterocycles. The summed E-state index contributed by atoms with van der Waals surface area (Å²) >= 11 is 0. The van der Waals surface area contributed by atoms with Crippen molar-refractivity contribution in [3.63, 3.8) is 0 Å². The summed E-state index contributed by atoms with van der Waals surface area (Å²) in [6.45, 7) is 3.97. The summed E-state index contributed by atoms with van der Waals surface area (Å²) in [5.74, 6) is -1.08. The van der Waals surface area contributed by atoms with E-state index in [-0.39, 0.29) is 23.5 Å². The predicted molar refractivity (Wildman–Crippen MR) is 111 cm³/mol. The van der Waals surface area contributed by atoms with Crippen LogP contribution in [0.25, 0.3) is 0 Å². The summed E-state index contributed by atoms with van der Waals surface area (Å²) in [7, 11) is -3.83. The predicted octanol–water partition coefficient (Wildman–Crippen LogP) is 3.97. The second kappa shape index (κ2) is 9.23. The molecule has 2 aromatic carbocycles. The van der Waals surface area contributed by atoms with E-state index in [9.17, 15) is 17.6 Å². The summed E-state index contributed by atoms with van der Waals surface area (Å²) in [5.41, 5.74) is 0.392. The number of hydrogen-bond donors (Lipinski definition) is 1. The molecule has 3 aromatic rings. The van der Waals surface area contributed by atoms with Crippen molar-refractivity contribution in [3.8, 4) is 0 Å². The number of nitrogens with one attached hydrogen (secondary N) is 1. The first kappa shape index (κ1) is 21.7. The topological polar surface area (TPSA) is 79.6 Å². The Balaban J connectivity index is 1.96. The lowest BCUT2D eigenvalue weighted by molar-refractivity contribution is 0.0934. The minimum absolute atomic E-state index is 0.132. The van der Waals surface area contributed by atoms with Gasteiger partial charge in [-0.1, -0.05) is 44.2 Å². The molecule has 30 heavy (non-hydrogen) atoms. The van der Waals surface area contributed by atoms with E-state index in [1.165, 1.54) is 16.6 Å². The van der Waals surface area contributed by atoms with Gasteiger partial charge in [0.2, 0.25) is 10.0 Å². The Morgan fingerprint density at radius 3 is 2.37 bits per heavy atom. The monoisotopic (exact) mass is 430 g/mol. The molecule has 0 aliphatic carbocycles. The molecule has 0 aliphatic heterocycles. The summed E-state index contributed by atoms with van der Waals surface area (Å²) < 4.78 is 46.7. The molecule has 158 valence electrons. The normalized spacial score (nSPS) is 12.7. The first-order chi connectivity index (χ1) is 14.4. The smallest absolute Gasteiger partial charge is 0.255 e. The van der Waals surface area contributed by atoms with Gasteiger partial charge in [-0.3, -0.25) is 4.79 Å². The van der Waals surface area contributed by atoms with E-state index in [1.54, 1.807) is 26.0 Å². The van der Waals surface area contributed by atoms with Crippen molar-refractivity contribution in [2.75, 3.05) is 13.1 Å². The van der Waals surface area contributed by atoms with E-state index in [2.05, 4.69) is 5.32 Å². The molecule has 0 radical (unpaired) electrons. The van der Waals surface area contributed by atoms with Gasteiger partial charge >= 0.3 is 0 Å². The van der Waals surface area contributed by atoms with Gasteiger partial charge in [-0.05, 0) is 35.9 Å². The molecule has 3 rings (SSSR count). The van der Waals surface area contributed by atoms with Gasteiger partial charge in [0.15, 0.2) is 0 Å². The SMILES string of the molecule is CCN(CC)S(=O)(=O)c1ccc(F)c(C(=O)NC(c2ccccc2)c2ccco2)c1. The number of sulfonamides is 1. The van der Waals surface area contributed by atoms with Crippen LogP contribution in [0.1, 0.15) is 41.6 Å². The molecule has 1 unspecified atom stereocenters. The number of nitrogens with zero attached hydrogens (tertiary/aromatic N) is 1. The molecule has 0 saturated carbocycles. The maximum Gasteiger partial charge on any atom is 0.255 e. The van der Waals surface area contributed by atoms with E-state index < -0.39 is 27.8 Å². The van der Waals surface area contributed by atoms with Crippen LogP contribution in [0.5, 0.6) is 0 Å². The van der Waals surface area contributed by atoms with Crippen LogP contribution in [-0.2, 0) is 10.0 Å². The highest BCUT2D eigenvalue weighted by Gasteiger charge is 2.26. The second-order valence-electron chi connectivity index (χ2n) is 6.56. The van der Waals surface area contributed by atoms with E-state index in [4.69, 9.17) is 4.42 Å².